The van der Waals surface area contributed by atoms with E-state index in [2.05, 4.69) is 31.0 Å². The highest BCUT2D eigenvalue weighted by Crippen LogP contribution is 2.24. The predicted octanol–water partition coefficient (Wildman–Crippen LogP) is 5.07. The molecule has 0 atom stereocenters. The molecule has 0 saturated carbocycles. The van der Waals surface area contributed by atoms with Crippen LogP contribution in [0, 0.1) is 0 Å². The smallest absolute Gasteiger partial charge is 0.406 e. The van der Waals surface area contributed by atoms with Crippen molar-refractivity contribution >= 4 is 29.1 Å². The third kappa shape index (κ3) is 8.53. The van der Waals surface area contributed by atoms with E-state index in [4.69, 9.17) is 0 Å². The SMILES string of the molecule is CCCCn1cc(NC(=O)Nc2ccc(OC(F)(F)F)cc2)nc1C(=O)NCCNc1ccccc1. The standard InChI is InChI=1S/C24H27F3N6O3/c1-2-3-15-33-16-20(31-21(33)22(34)29-14-13-28-17-7-5-4-6-8-17)32-23(35)30-18-9-11-19(12-10-18)36-24(25,26)27/h4-12,16,28H,2-3,13-15H2,1H3,(H,29,34)(H2,30,32,35). The van der Waals surface area contributed by atoms with Crippen molar-refractivity contribution in [3.63, 3.8) is 0 Å². The minimum absolute atomic E-state index is 0.159. The van der Waals surface area contributed by atoms with Crippen LogP contribution >= 0.6 is 0 Å². The number of benzene rings is 2. The highest BCUT2D eigenvalue weighted by Gasteiger charge is 2.31. The van der Waals surface area contributed by atoms with Gasteiger partial charge in [0.2, 0.25) is 5.82 Å². The average Bonchev–Trinajstić information content (AvgIpc) is 3.23. The summed E-state index contributed by atoms with van der Waals surface area (Å²) in [6.45, 7) is 3.44. The number of carbonyl (C=O) groups is 2. The second-order valence-corrected chi connectivity index (χ2v) is 7.70. The Morgan fingerprint density at radius 2 is 1.69 bits per heavy atom. The fourth-order valence-corrected chi connectivity index (χ4v) is 3.19. The number of aromatic nitrogens is 2. The van der Waals surface area contributed by atoms with Crippen molar-refractivity contribution in [1.29, 1.82) is 0 Å². The zero-order valence-electron chi connectivity index (χ0n) is 19.6. The molecule has 2 aromatic carbocycles. The summed E-state index contributed by atoms with van der Waals surface area (Å²) in [5.74, 6) is -0.465. The van der Waals surface area contributed by atoms with Gasteiger partial charge in [0.1, 0.15) is 5.75 Å². The molecule has 9 nitrogen and oxygen atoms in total. The van der Waals surface area contributed by atoms with Crippen LogP contribution in [0.15, 0.2) is 60.8 Å². The second kappa shape index (κ2) is 12.5. The van der Waals surface area contributed by atoms with E-state index in [9.17, 15) is 22.8 Å². The van der Waals surface area contributed by atoms with E-state index >= 15 is 0 Å². The Balaban J connectivity index is 1.56. The second-order valence-electron chi connectivity index (χ2n) is 7.70. The Kier molecular flexibility index (Phi) is 9.14. The highest BCUT2D eigenvalue weighted by atomic mass is 19.4. The first-order chi connectivity index (χ1) is 17.2. The van der Waals surface area contributed by atoms with Gasteiger partial charge in [-0.25, -0.2) is 9.78 Å². The number of urea groups is 1. The van der Waals surface area contributed by atoms with Crippen LogP contribution in [-0.2, 0) is 6.54 Å². The number of para-hydroxylation sites is 1. The maximum atomic E-state index is 12.7. The maximum Gasteiger partial charge on any atom is 0.573 e. The number of hydrogen-bond donors (Lipinski definition) is 4. The molecule has 1 aromatic heterocycles. The molecule has 0 radical (unpaired) electrons. The van der Waals surface area contributed by atoms with E-state index in [-0.39, 0.29) is 23.2 Å². The molecule has 0 unspecified atom stereocenters. The molecule has 0 spiro atoms. The first-order valence-corrected chi connectivity index (χ1v) is 11.3. The Hall–Kier alpha value is -4.22. The Morgan fingerprint density at radius 1 is 0.972 bits per heavy atom. The Bertz CT molecular complexity index is 1130. The predicted molar refractivity (Wildman–Crippen MR) is 130 cm³/mol. The molecular formula is C24H27F3N6O3. The molecule has 3 rings (SSSR count). The number of anilines is 3. The molecule has 192 valence electrons. The highest BCUT2D eigenvalue weighted by molar-refractivity contribution is 5.99. The molecule has 1 heterocycles. The molecular weight excluding hydrogens is 477 g/mol. The summed E-state index contributed by atoms with van der Waals surface area (Å²) in [4.78, 5) is 29.3. The van der Waals surface area contributed by atoms with Gasteiger partial charge in [0.05, 0.1) is 0 Å². The van der Waals surface area contributed by atoms with Crippen LogP contribution in [0.1, 0.15) is 30.4 Å². The van der Waals surface area contributed by atoms with E-state index in [1.807, 2.05) is 37.3 Å². The summed E-state index contributed by atoms with van der Waals surface area (Å²) >= 11 is 0. The van der Waals surface area contributed by atoms with Gasteiger partial charge in [-0.3, -0.25) is 10.1 Å². The van der Waals surface area contributed by atoms with Crippen LogP contribution in [0.2, 0.25) is 0 Å². The number of alkyl halides is 3. The molecule has 36 heavy (non-hydrogen) atoms. The molecule has 3 amide bonds. The molecule has 0 bridgehead atoms. The van der Waals surface area contributed by atoms with Crippen molar-refractivity contribution in [2.75, 3.05) is 29.0 Å². The summed E-state index contributed by atoms with van der Waals surface area (Å²) in [7, 11) is 0. The van der Waals surface area contributed by atoms with Crippen LogP contribution in [0.25, 0.3) is 0 Å². The first kappa shape index (κ1) is 26.4. The zero-order valence-corrected chi connectivity index (χ0v) is 19.6. The number of amides is 3. The van der Waals surface area contributed by atoms with Crippen LogP contribution in [-0.4, -0.2) is 40.9 Å². The molecule has 4 N–H and O–H groups in total. The molecule has 0 aliphatic carbocycles. The number of imidazole rings is 1. The van der Waals surface area contributed by atoms with E-state index in [0.717, 1.165) is 30.7 Å². The van der Waals surface area contributed by atoms with Gasteiger partial charge < -0.3 is 25.3 Å². The van der Waals surface area contributed by atoms with Crippen LogP contribution < -0.4 is 26.0 Å². The fraction of sp³-hybridized carbons (Fsp3) is 0.292. The third-order valence-corrected chi connectivity index (χ3v) is 4.83. The number of rotatable bonds is 11. The van der Waals surface area contributed by atoms with Gasteiger partial charge in [-0.2, -0.15) is 0 Å². The van der Waals surface area contributed by atoms with Gasteiger partial charge in [-0.1, -0.05) is 31.5 Å². The quantitative estimate of drug-likeness (QED) is 0.273. The van der Waals surface area contributed by atoms with Crippen molar-refractivity contribution in [2.24, 2.45) is 0 Å². The minimum Gasteiger partial charge on any atom is -0.406 e. The van der Waals surface area contributed by atoms with Crippen LogP contribution in [0.3, 0.4) is 0 Å². The van der Waals surface area contributed by atoms with Crippen molar-refractivity contribution in [3.8, 4) is 5.75 Å². The third-order valence-electron chi connectivity index (χ3n) is 4.83. The lowest BCUT2D eigenvalue weighted by Crippen LogP contribution is -2.31. The molecule has 0 aliphatic rings. The van der Waals surface area contributed by atoms with E-state index in [0.29, 0.717) is 19.6 Å². The summed E-state index contributed by atoms with van der Waals surface area (Å²) in [6, 6.07) is 13.6. The van der Waals surface area contributed by atoms with Crippen molar-refractivity contribution in [3.05, 3.63) is 66.6 Å². The Labute approximate surface area is 206 Å². The van der Waals surface area contributed by atoms with Gasteiger partial charge >= 0.3 is 12.4 Å². The molecule has 0 aliphatic heterocycles. The fourth-order valence-electron chi connectivity index (χ4n) is 3.19. The molecule has 0 fully saturated rings. The molecule has 0 saturated heterocycles. The van der Waals surface area contributed by atoms with Gasteiger partial charge in [0.15, 0.2) is 5.82 Å². The van der Waals surface area contributed by atoms with Crippen molar-refractivity contribution in [2.45, 2.75) is 32.7 Å². The topological polar surface area (TPSA) is 109 Å². The first-order valence-electron chi connectivity index (χ1n) is 11.3. The summed E-state index contributed by atoms with van der Waals surface area (Å²) in [5.41, 5.74) is 1.19. The number of nitrogens with one attached hydrogen (secondary N) is 4. The lowest BCUT2D eigenvalue weighted by Gasteiger charge is -2.10. The van der Waals surface area contributed by atoms with E-state index < -0.39 is 18.1 Å². The number of carbonyl (C=O) groups excluding carboxylic acids is 2. The normalized spacial score (nSPS) is 11.0. The number of unbranched alkanes of at least 4 members (excludes halogenated alkanes) is 1. The monoisotopic (exact) mass is 504 g/mol. The van der Waals surface area contributed by atoms with E-state index in [1.54, 1.807) is 10.8 Å². The van der Waals surface area contributed by atoms with E-state index in [1.165, 1.54) is 12.1 Å². The van der Waals surface area contributed by atoms with Crippen molar-refractivity contribution in [1.82, 2.24) is 14.9 Å². The molecule has 12 heteroatoms. The van der Waals surface area contributed by atoms with Gasteiger partial charge in [-0.15, -0.1) is 13.2 Å². The number of hydrogen-bond acceptors (Lipinski definition) is 5. The maximum absolute atomic E-state index is 12.7. The van der Waals surface area contributed by atoms with Crippen LogP contribution in [0.5, 0.6) is 5.75 Å². The largest absolute Gasteiger partial charge is 0.573 e. The van der Waals surface area contributed by atoms with Crippen molar-refractivity contribution < 1.29 is 27.5 Å². The van der Waals surface area contributed by atoms with Gasteiger partial charge in [-0.05, 0) is 42.8 Å². The number of nitrogens with zero attached hydrogens (tertiary/aromatic N) is 2. The van der Waals surface area contributed by atoms with Gasteiger partial charge in [0.25, 0.3) is 5.91 Å². The lowest BCUT2D eigenvalue weighted by atomic mass is 10.3. The minimum atomic E-state index is -4.80. The van der Waals surface area contributed by atoms with Gasteiger partial charge in [0, 0.05) is 37.2 Å². The number of halogens is 3. The average molecular weight is 505 g/mol. The van der Waals surface area contributed by atoms with Crippen LogP contribution in [0.4, 0.5) is 35.2 Å². The zero-order chi connectivity index (χ0) is 26.0. The summed E-state index contributed by atoms with van der Waals surface area (Å²) in [5, 5.41) is 11.0. The Morgan fingerprint density at radius 3 is 2.36 bits per heavy atom. The number of ether oxygens (including phenoxy) is 1. The lowest BCUT2D eigenvalue weighted by molar-refractivity contribution is -0.274. The molecule has 3 aromatic rings. The summed E-state index contributed by atoms with van der Waals surface area (Å²) in [6.07, 6.45) is -1.53. The summed E-state index contributed by atoms with van der Waals surface area (Å²) < 4.78 is 42.3. The number of aryl methyl sites for hydroxylation is 1.